The van der Waals surface area contributed by atoms with Crippen molar-refractivity contribution < 1.29 is 21.2 Å². The summed E-state index contributed by atoms with van der Waals surface area (Å²) in [6, 6.07) is 2.55. The van der Waals surface area contributed by atoms with Gasteiger partial charge in [0.05, 0.1) is 11.4 Å². The third-order valence-electron chi connectivity index (χ3n) is 2.21. The maximum atomic E-state index is 13.2. The molecule has 0 aliphatic heterocycles. The van der Waals surface area contributed by atoms with Gasteiger partial charge in [-0.1, -0.05) is 6.07 Å². The molecule has 1 atom stereocenters. The summed E-state index contributed by atoms with van der Waals surface area (Å²) in [6.07, 6.45) is 0.994. The quantitative estimate of drug-likeness (QED) is 0.751. The molecule has 0 fully saturated rings. The van der Waals surface area contributed by atoms with Gasteiger partial charge in [0.15, 0.2) is 0 Å². The second kappa shape index (κ2) is 5.43. The highest BCUT2D eigenvalue weighted by molar-refractivity contribution is 7.91. The Hall–Kier alpha value is -1.19. The number of sulfone groups is 1. The van der Waals surface area contributed by atoms with Crippen LogP contribution in [0.5, 0.6) is 0 Å². The van der Waals surface area contributed by atoms with Crippen LogP contribution in [0.1, 0.15) is 6.92 Å². The first-order valence-electron chi connectivity index (χ1n) is 5.27. The molecule has 0 aromatic heterocycles. The van der Waals surface area contributed by atoms with E-state index in [1.165, 1.54) is 13.0 Å². The molecule has 0 amide bonds. The van der Waals surface area contributed by atoms with Crippen molar-refractivity contribution in [2.24, 2.45) is 0 Å². The van der Waals surface area contributed by atoms with E-state index in [2.05, 4.69) is 4.72 Å². The van der Waals surface area contributed by atoms with Crippen molar-refractivity contribution in [1.82, 2.24) is 4.72 Å². The van der Waals surface area contributed by atoms with Crippen LogP contribution < -0.4 is 10.5 Å². The number of nitrogens with two attached hydrogens (primary N) is 1. The highest BCUT2D eigenvalue weighted by Crippen LogP contribution is 2.21. The normalized spacial score (nSPS) is 14.3. The lowest BCUT2D eigenvalue weighted by atomic mass is 10.3. The second-order valence-electron chi connectivity index (χ2n) is 4.27. The van der Waals surface area contributed by atoms with E-state index in [0.29, 0.717) is 0 Å². The SMILES string of the molecule is CC(CS(C)(=O)=O)NS(=O)(=O)c1cccc(F)c1N. The maximum Gasteiger partial charge on any atom is 0.242 e. The molecule has 0 spiro atoms. The van der Waals surface area contributed by atoms with Crippen molar-refractivity contribution in [3.8, 4) is 0 Å². The fourth-order valence-corrected chi connectivity index (χ4v) is 4.05. The Kier molecular flexibility index (Phi) is 4.54. The molecule has 1 rings (SSSR count). The zero-order chi connectivity index (χ0) is 14.8. The lowest BCUT2D eigenvalue weighted by Gasteiger charge is -2.14. The molecule has 0 saturated carbocycles. The van der Waals surface area contributed by atoms with Crippen molar-refractivity contribution in [2.75, 3.05) is 17.7 Å². The summed E-state index contributed by atoms with van der Waals surface area (Å²) in [4.78, 5) is -0.409. The molecule has 1 aromatic carbocycles. The first-order chi connectivity index (χ1) is 8.53. The second-order valence-corrected chi connectivity index (χ2v) is 8.13. The molecule has 19 heavy (non-hydrogen) atoms. The first kappa shape index (κ1) is 15.9. The van der Waals surface area contributed by atoms with Gasteiger partial charge in [-0.05, 0) is 19.1 Å². The Labute approximate surface area is 111 Å². The minimum Gasteiger partial charge on any atom is -0.395 e. The molecule has 0 saturated heterocycles. The number of hydrogen-bond acceptors (Lipinski definition) is 5. The van der Waals surface area contributed by atoms with E-state index in [1.54, 1.807) is 0 Å². The highest BCUT2D eigenvalue weighted by atomic mass is 32.2. The molecule has 0 aliphatic carbocycles. The van der Waals surface area contributed by atoms with E-state index in [4.69, 9.17) is 5.73 Å². The van der Waals surface area contributed by atoms with Crippen LogP contribution >= 0.6 is 0 Å². The van der Waals surface area contributed by atoms with Crippen molar-refractivity contribution in [1.29, 1.82) is 0 Å². The lowest BCUT2D eigenvalue weighted by molar-refractivity contribution is 0.563. The Morgan fingerprint density at radius 2 is 1.89 bits per heavy atom. The summed E-state index contributed by atoms with van der Waals surface area (Å²) >= 11 is 0. The highest BCUT2D eigenvalue weighted by Gasteiger charge is 2.23. The topological polar surface area (TPSA) is 106 Å². The standard InChI is InChI=1S/C10H15FN2O4S2/c1-7(6-18(2,14)15)13-19(16,17)9-5-3-4-8(11)10(9)12/h3-5,7,13H,6,12H2,1-2H3. The minimum atomic E-state index is -4.06. The van der Waals surface area contributed by atoms with Crippen LogP contribution in [0.2, 0.25) is 0 Å². The number of anilines is 1. The zero-order valence-electron chi connectivity index (χ0n) is 10.4. The lowest BCUT2D eigenvalue weighted by Crippen LogP contribution is -2.37. The number of halogens is 1. The Bertz CT molecular complexity index is 671. The van der Waals surface area contributed by atoms with Crippen LogP contribution in [-0.4, -0.2) is 34.9 Å². The van der Waals surface area contributed by atoms with Crippen molar-refractivity contribution in [2.45, 2.75) is 17.9 Å². The summed E-state index contributed by atoms with van der Waals surface area (Å²) in [6.45, 7) is 1.40. The van der Waals surface area contributed by atoms with Gasteiger partial charge in [-0.2, -0.15) is 0 Å². The fourth-order valence-electron chi connectivity index (χ4n) is 1.57. The van der Waals surface area contributed by atoms with E-state index >= 15 is 0 Å². The van der Waals surface area contributed by atoms with Gasteiger partial charge in [0.25, 0.3) is 0 Å². The summed E-state index contributed by atoms with van der Waals surface area (Å²) in [5, 5.41) is 0. The van der Waals surface area contributed by atoms with Crippen LogP contribution in [0.4, 0.5) is 10.1 Å². The number of sulfonamides is 1. The van der Waals surface area contributed by atoms with E-state index in [0.717, 1.165) is 18.4 Å². The maximum absolute atomic E-state index is 13.2. The summed E-state index contributed by atoms with van der Waals surface area (Å²) in [5.74, 6) is -1.21. The van der Waals surface area contributed by atoms with Gasteiger partial charge >= 0.3 is 0 Å². The number of nitrogen functional groups attached to an aromatic ring is 1. The number of hydrogen-bond donors (Lipinski definition) is 2. The number of benzene rings is 1. The van der Waals surface area contributed by atoms with Gasteiger partial charge in [0, 0.05) is 12.3 Å². The third kappa shape index (κ3) is 4.44. The van der Waals surface area contributed by atoms with Gasteiger partial charge in [-0.3, -0.25) is 0 Å². The Morgan fingerprint density at radius 1 is 1.32 bits per heavy atom. The molecule has 0 bridgehead atoms. The zero-order valence-corrected chi connectivity index (χ0v) is 12.1. The molecule has 9 heteroatoms. The molecule has 1 aromatic rings. The molecular weight excluding hydrogens is 295 g/mol. The number of para-hydroxylation sites is 1. The predicted molar refractivity (Wildman–Crippen MR) is 70.3 cm³/mol. The van der Waals surface area contributed by atoms with Crippen LogP contribution in [-0.2, 0) is 19.9 Å². The molecule has 0 aliphatic rings. The van der Waals surface area contributed by atoms with Crippen molar-refractivity contribution in [3.63, 3.8) is 0 Å². The van der Waals surface area contributed by atoms with Gasteiger partial charge in [-0.15, -0.1) is 0 Å². The monoisotopic (exact) mass is 310 g/mol. The molecule has 3 N–H and O–H groups in total. The molecule has 0 heterocycles. The fraction of sp³-hybridized carbons (Fsp3) is 0.400. The van der Waals surface area contributed by atoms with Crippen LogP contribution in [0.3, 0.4) is 0 Å². The predicted octanol–water partition coefficient (Wildman–Crippen LogP) is 0.119. The van der Waals surface area contributed by atoms with Crippen LogP contribution in [0, 0.1) is 5.82 Å². The van der Waals surface area contributed by atoms with E-state index in [9.17, 15) is 21.2 Å². The van der Waals surface area contributed by atoms with Crippen LogP contribution in [0.25, 0.3) is 0 Å². The van der Waals surface area contributed by atoms with E-state index < -0.39 is 42.3 Å². The summed E-state index contributed by atoms with van der Waals surface area (Å²) in [7, 11) is -7.39. The van der Waals surface area contributed by atoms with Crippen molar-refractivity contribution >= 4 is 25.5 Å². The molecule has 1 unspecified atom stereocenters. The summed E-state index contributed by atoms with van der Waals surface area (Å²) in [5.41, 5.74) is 4.86. The minimum absolute atomic E-state index is 0.360. The molecule has 0 radical (unpaired) electrons. The first-order valence-corrected chi connectivity index (χ1v) is 8.81. The number of nitrogens with one attached hydrogen (secondary N) is 1. The third-order valence-corrected chi connectivity index (χ3v) is 4.96. The number of rotatable bonds is 5. The van der Waals surface area contributed by atoms with Gasteiger partial charge in [0.2, 0.25) is 10.0 Å². The molecular formula is C10H15FN2O4S2. The van der Waals surface area contributed by atoms with Gasteiger partial charge < -0.3 is 5.73 Å². The Balaban J connectivity index is 3.03. The largest absolute Gasteiger partial charge is 0.395 e. The summed E-state index contributed by atoms with van der Waals surface area (Å²) < 4.78 is 61.4. The van der Waals surface area contributed by atoms with Crippen LogP contribution in [0.15, 0.2) is 23.1 Å². The van der Waals surface area contributed by atoms with Crippen molar-refractivity contribution in [3.05, 3.63) is 24.0 Å². The van der Waals surface area contributed by atoms with E-state index in [1.807, 2.05) is 0 Å². The molecule has 6 nitrogen and oxygen atoms in total. The van der Waals surface area contributed by atoms with E-state index in [-0.39, 0.29) is 5.75 Å². The smallest absolute Gasteiger partial charge is 0.242 e. The average molecular weight is 310 g/mol. The molecule has 108 valence electrons. The van der Waals surface area contributed by atoms with Gasteiger partial charge in [0.1, 0.15) is 20.5 Å². The Morgan fingerprint density at radius 3 is 2.42 bits per heavy atom. The van der Waals surface area contributed by atoms with Gasteiger partial charge in [-0.25, -0.2) is 25.9 Å². The average Bonchev–Trinajstić information content (AvgIpc) is 2.17.